The Hall–Kier alpha value is -1.07. The quantitative estimate of drug-likeness (QED) is 0.736. The molecule has 0 aliphatic carbocycles. The van der Waals surface area contributed by atoms with Gasteiger partial charge in [0.05, 0.1) is 6.61 Å². The average Bonchev–Trinajstić information content (AvgIpc) is 2.45. The van der Waals surface area contributed by atoms with E-state index >= 15 is 0 Å². The Morgan fingerprint density at radius 1 is 1.35 bits per heavy atom. The summed E-state index contributed by atoms with van der Waals surface area (Å²) in [5, 5.41) is 3.27. The summed E-state index contributed by atoms with van der Waals surface area (Å²) in [7, 11) is 0. The van der Waals surface area contributed by atoms with Crippen molar-refractivity contribution in [3.63, 3.8) is 0 Å². The molecule has 0 fully saturated rings. The number of carbonyl (C=O) groups excluding carboxylic acids is 1. The first-order valence-electron chi connectivity index (χ1n) is 6.94. The zero-order valence-corrected chi connectivity index (χ0v) is 13.8. The minimum atomic E-state index is -0.553. The molecule has 0 heterocycles. The van der Waals surface area contributed by atoms with Crippen molar-refractivity contribution in [1.82, 2.24) is 5.32 Å². The standard InChI is InChI=1S/C15H22BrNO3/c1-4-14(15(18)19-6-3)20-12-7-8-13(16)11(9-12)10-17-5-2/h7-9,14,17H,4-6,10H2,1-3H3. The van der Waals surface area contributed by atoms with E-state index in [1.807, 2.05) is 25.1 Å². The van der Waals surface area contributed by atoms with E-state index in [1.54, 1.807) is 6.92 Å². The molecule has 0 amide bonds. The maximum absolute atomic E-state index is 11.7. The Labute approximate surface area is 129 Å². The molecule has 1 unspecified atom stereocenters. The summed E-state index contributed by atoms with van der Waals surface area (Å²) in [6, 6.07) is 5.72. The van der Waals surface area contributed by atoms with Crippen LogP contribution in [0.25, 0.3) is 0 Å². The molecule has 1 aromatic rings. The molecule has 0 saturated carbocycles. The van der Waals surface area contributed by atoms with Crippen LogP contribution in [-0.4, -0.2) is 25.2 Å². The highest BCUT2D eigenvalue weighted by atomic mass is 79.9. The van der Waals surface area contributed by atoms with E-state index in [0.29, 0.717) is 18.8 Å². The lowest BCUT2D eigenvalue weighted by molar-refractivity contribution is -0.151. The minimum Gasteiger partial charge on any atom is -0.479 e. The van der Waals surface area contributed by atoms with E-state index in [2.05, 4.69) is 28.2 Å². The number of ether oxygens (including phenoxy) is 2. The van der Waals surface area contributed by atoms with E-state index in [1.165, 1.54) is 0 Å². The van der Waals surface area contributed by atoms with Crippen molar-refractivity contribution in [3.8, 4) is 5.75 Å². The maximum Gasteiger partial charge on any atom is 0.347 e. The number of hydrogen-bond donors (Lipinski definition) is 1. The molecule has 1 atom stereocenters. The predicted molar refractivity (Wildman–Crippen MR) is 82.9 cm³/mol. The van der Waals surface area contributed by atoms with Crippen LogP contribution in [0.4, 0.5) is 0 Å². The van der Waals surface area contributed by atoms with Crippen LogP contribution in [0.2, 0.25) is 0 Å². The molecule has 1 aromatic carbocycles. The van der Waals surface area contributed by atoms with Gasteiger partial charge < -0.3 is 14.8 Å². The fourth-order valence-electron chi connectivity index (χ4n) is 1.72. The lowest BCUT2D eigenvalue weighted by Gasteiger charge is -2.17. The highest BCUT2D eigenvalue weighted by molar-refractivity contribution is 9.10. The van der Waals surface area contributed by atoms with Gasteiger partial charge in [0.2, 0.25) is 0 Å². The second kappa shape index (κ2) is 8.97. The molecular formula is C15H22BrNO3. The number of rotatable bonds is 8. The summed E-state index contributed by atoms with van der Waals surface area (Å²) in [6.45, 7) is 7.77. The van der Waals surface area contributed by atoms with Gasteiger partial charge >= 0.3 is 5.97 Å². The first kappa shape index (κ1) is 17.0. The van der Waals surface area contributed by atoms with E-state index in [-0.39, 0.29) is 5.97 Å². The molecule has 0 bridgehead atoms. The first-order valence-corrected chi connectivity index (χ1v) is 7.74. The summed E-state index contributed by atoms with van der Waals surface area (Å²) < 4.78 is 11.8. The van der Waals surface area contributed by atoms with Gasteiger partial charge in [-0.2, -0.15) is 0 Å². The van der Waals surface area contributed by atoms with Crippen molar-refractivity contribution in [2.75, 3.05) is 13.2 Å². The monoisotopic (exact) mass is 343 g/mol. The van der Waals surface area contributed by atoms with Crippen LogP contribution >= 0.6 is 15.9 Å². The molecule has 0 saturated heterocycles. The summed E-state index contributed by atoms with van der Waals surface area (Å²) >= 11 is 3.51. The summed E-state index contributed by atoms with van der Waals surface area (Å²) in [4.78, 5) is 11.7. The highest BCUT2D eigenvalue weighted by Gasteiger charge is 2.19. The second-order valence-corrected chi connectivity index (χ2v) is 5.15. The fraction of sp³-hybridized carbons (Fsp3) is 0.533. The molecule has 4 nitrogen and oxygen atoms in total. The molecule has 1 rings (SSSR count). The zero-order chi connectivity index (χ0) is 15.0. The molecule has 5 heteroatoms. The summed E-state index contributed by atoms with van der Waals surface area (Å²) in [5.74, 6) is 0.368. The van der Waals surface area contributed by atoms with Crippen molar-refractivity contribution in [2.24, 2.45) is 0 Å². The number of halogens is 1. The molecule has 0 spiro atoms. The SMILES string of the molecule is CCNCc1cc(OC(CC)C(=O)OCC)ccc1Br. The molecular weight excluding hydrogens is 322 g/mol. The van der Waals surface area contributed by atoms with Crippen LogP contribution in [0.5, 0.6) is 5.75 Å². The van der Waals surface area contributed by atoms with Gasteiger partial charge in [0, 0.05) is 11.0 Å². The Kier molecular flexibility index (Phi) is 7.62. The number of hydrogen-bond acceptors (Lipinski definition) is 4. The summed E-state index contributed by atoms with van der Waals surface area (Å²) in [5.41, 5.74) is 1.10. The number of nitrogens with one attached hydrogen (secondary N) is 1. The average molecular weight is 344 g/mol. The topological polar surface area (TPSA) is 47.6 Å². The number of carbonyl (C=O) groups is 1. The summed E-state index contributed by atoms with van der Waals surface area (Å²) in [6.07, 6.45) is 0.0281. The Morgan fingerprint density at radius 3 is 2.70 bits per heavy atom. The van der Waals surface area contributed by atoms with E-state index in [0.717, 1.165) is 23.1 Å². The lowest BCUT2D eigenvalue weighted by Crippen LogP contribution is -2.28. The van der Waals surface area contributed by atoms with Crippen molar-refractivity contribution in [3.05, 3.63) is 28.2 Å². The number of esters is 1. The molecule has 1 N–H and O–H groups in total. The molecule has 20 heavy (non-hydrogen) atoms. The van der Waals surface area contributed by atoms with Crippen molar-refractivity contribution in [1.29, 1.82) is 0 Å². The third kappa shape index (κ3) is 5.13. The fourth-order valence-corrected chi connectivity index (χ4v) is 2.10. The van der Waals surface area contributed by atoms with E-state index in [9.17, 15) is 4.79 Å². The van der Waals surface area contributed by atoms with Crippen LogP contribution in [0.3, 0.4) is 0 Å². The molecule has 0 aromatic heterocycles. The van der Waals surface area contributed by atoms with E-state index < -0.39 is 6.10 Å². The van der Waals surface area contributed by atoms with Crippen molar-refractivity contribution in [2.45, 2.75) is 39.8 Å². The Balaban J connectivity index is 2.77. The third-order valence-electron chi connectivity index (χ3n) is 2.78. The van der Waals surface area contributed by atoms with Gasteiger partial charge in [0.25, 0.3) is 0 Å². The number of benzene rings is 1. The normalized spacial score (nSPS) is 12.0. The first-order chi connectivity index (χ1) is 9.62. The van der Waals surface area contributed by atoms with Crippen LogP contribution in [-0.2, 0) is 16.1 Å². The van der Waals surface area contributed by atoms with E-state index in [4.69, 9.17) is 9.47 Å². The van der Waals surface area contributed by atoms with Gasteiger partial charge in [-0.1, -0.05) is 29.8 Å². The van der Waals surface area contributed by atoms with Crippen molar-refractivity contribution >= 4 is 21.9 Å². The molecule has 0 aliphatic heterocycles. The van der Waals surface area contributed by atoms with Gasteiger partial charge in [-0.05, 0) is 43.7 Å². The van der Waals surface area contributed by atoms with Crippen LogP contribution in [0.15, 0.2) is 22.7 Å². The Morgan fingerprint density at radius 2 is 2.10 bits per heavy atom. The largest absolute Gasteiger partial charge is 0.479 e. The lowest BCUT2D eigenvalue weighted by atomic mass is 10.2. The minimum absolute atomic E-state index is 0.314. The van der Waals surface area contributed by atoms with Gasteiger partial charge in [0.1, 0.15) is 5.75 Å². The molecule has 0 radical (unpaired) electrons. The molecule has 112 valence electrons. The maximum atomic E-state index is 11.7. The molecule has 0 aliphatic rings. The van der Waals surface area contributed by atoms with Crippen LogP contribution in [0.1, 0.15) is 32.8 Å². The third-order valence-corrected chi connectivity index (χ3v) is 3.55. The zero-order valence-electron chi connectivity index (χ0n) is 12.2. The van der Waals surface area contributed by atoms with Crippen molar-refractivity contribution < 1.29 is 14.3 Å². The second-order valence-electron chi connectivity index (χ2n) is 4.30. The van der Waals surface area contributed by atoms with Crippen LogP contribution < -0.4 is 10.1 Å². The van der Waals surface area contributed by atoms with Gasteiger partial charge in [-0.25, -0.2) is 4.79 Å². The van der Waals surface area contributed by atoms with Gasteiger partial charge in [0.15, 0.2) is 6.10 Å². The highest BCUT2D eigenvalue weighted by Crippen LogP contribution is 2.24. The van der Waals surface area contributed by atoms with Gasteiger partial charge in [-0.15, -0.1) is 0 Å². The van der Waals surface area contributed by atoms with Crippen LogP contribution in [0, 0.1) is 0 Å². The Bertz CT molecular complexity index is 437. The predicted octanol–water partition coefficient (Wildman–Crippen LogP) is 3.28. The van der Waals surface area contributed by atoms with Gasteiger partial charge in [-0.3, -0.25) is 0 Å². The smallest absolute Gasteiger partial charge is 0.347 e.